The Labute approximate surface area is 133 Å². The van der Waals surface area contributed by atoms with E-state index < -0.39 is 12.0 Å². The van der Waals surface area contributed by atoms with Crippen LogP contribution in [0.5, 0.6) is 0 Å². The van der Waals surface area contributed by atoms with Crippen LogP contribution in [0, 0.1) is 6.92 Å². The minimum absolute atomic E-state index is 0.357. The predicted molar refractivity (Wildman–Crippen MR) is 89.5 cm³/mol. The third-order valence-corrected chi connectivity index (χ3v) is 4.29. The van der Waals surface area contributed by atoms with E-state index in [9.17, 15) is 14.7 Å². The molecule has 1 amide bonds. The second-order valence-electron chi connectivity index (χ2n) is 5.30. The van der Waals surface area contributed by atoms with Crippen molar-refractivity contribution in [1.82, 2.24) is 9.88 Å². The molecule has 6 heteroatoms. The zero-order chi connectivity index (χ0) is 16.3. The third-order valence-electron chi connectivity index (χ3n) is 3.64. The van der Waals surface area contributed by atoms with Crippen molar-refractivity contribution in [3.8, 4) is 0 Å². The molecule has 0 saturated heterocycles. The maximum atomic E-state index is 12.4. The predicted octanol–water partition coefficient (Wildman–Crippen LogP) is 2.42. The molecule has 0 aliphatic rings. The van der Waals surface area contributed by atoms with Crippen LogP contribution < -0.4 is 5.32 Å². The number of carbonyl (C=O) groups excluding carboxylic acids is 1. The normalized spacial score (nSPS) is 12.3. The van der Waals surface area contributed by atoms with Crippen molar-refractivity contribution >= 4 is 34.5 Å². The summed E-state index contributed by atoms with van der Waals surface area (Å²) in [5, 5.41) is 12.8. The lowest BCUT2D eigenvalue weighted by molar-refractivity contribution is -0.139. The van der Waals surface area contributed by atoms with Gasteiger partial charge in [-0.25, -0.2) is 4.79 Å². The molecule has 0 spiro atoms. The summed E-state index contributed by atoms with van der Waals surface area (Å²) in [6, 6.07) is 6.89. The maximum absolute atomic E-state index is 12.4. The number of hydrogen-bond donors (Lipinski definition) is 2. The van der Waals surface area contributed by atoms with Crippen molar-refractivity contribution in [2.45, 2.75) is 19.4 Å². The number of hydrogen-bond acceptors (Lipinski definition) is 3. The van der Waals surface area contributed by atoms with E-state index in [0.717, 1.165) is 16.5 Å². The number of amides is 1. The summed E-state index contributed by atoms with van der Waals surface area (Å²) in [5.41, 5.74) is 2.54. The van der Waals surface area contributed by atoms with Gasteiger partial charge in [0.1, 0.15) is 11.7 Å². The Morgan fingerprint density at radius 3 is 2.73 bits per heavy atom. The van der Waals surface area contributed by atoms with Crippen LogP contribution in [-0.2, 0) is 11.8 Å². The highest BCUT2D eigenvalue weighted by Crippen LogP contribution is 2.20. The lowest BCUT2D eigenvalue weighted by Crippen LogP contribution is -2.41. The molecule has 22 heavy (non-hydrogen) atoms. The van der Waals surface area contributed by atoms with Crippen molar-refractivity contribution in [3.63, 3.8) is 0 Å². The number of aromatic nitrogens is 1. The zero-order valence-corrected chi connectivity index (χ0v) is 13.7. The molecule has 2 N–H and O–H groups in total. The van der Waals surface area contributed by atoms with Crippen LogP contribution in [0.2, 0.25) is 0 Å². The first-order valence-electron chi connectivity index (χ1n) is 7.02. The van der Waals surface area contributed by atoms with Crippen LogP contribution in [0.25, 0.3) is 10.9 Å². The standard InChI is InChI=1S/C16H20N2O3S/c1-10-4-5-13-11(8-10)9-14(18(13)2)15(19)17-12(16(20)21)6-7-22-3/h4-5,8-9,12H,6-7H2,1-3H3,(H,17,19)(H,20,21). The van der Waals surface area contributed by atoms with Crippen molar-refractivity contribution < 1.29 is 14.7 Å². The minimum atomic E-state index is -1.00. The molecule has 0 aliphatic carbocycles. The Morgan fingerprint density at radius 2 is 2.09 bits per heavy atom. The molecule has 5 nitrogen and oxygen atoms in total. The van der Waals surface area contributed by atoms with Crippen LogP contribution >= 0.6 is 11.8 Å². The molecule has 0 saturated carbocycles. The first-order chi connectivity index (χ1) is 10.4. The highest BCUT2D eigenvalue weighted by molar-refractivity contribution is 7.98. The molecule has 0 bridgehead atoms. The van der Waals surface area contributed by atoms with Gasteiger partial charge in [0.25, 0.3) is 5.91 Å². The van der Waals surface area contributed by atoms with E-state index in [4.69, 9.17) is 0 Å². The number of carboxylic acid groups (broad SMARTS) is 1. The maximum Gasteiger partial charge on any atom is 0.326 e. The fourth-order valence-electron chi connectivity index (χ4n) is 2.41. The number of nitrogens with zero attached hydrogens (tertiary/aromatic N) is 1. The van der Waals surface area contributed by atoms with Gasteiger partial charge in [0.15, 0.2) is 0 Å². The molecule has 1 atom stereocenters. The summed E-state index contributed by atoms with van der Waals surface area (Å²) in [4.78, 5) is 23.6. The van der Waals surface area contributed by atoms with Gasteiger partial charge in [-0.15, -0.1) is 0 Å². The molecule has 1 heterocycles. The fourth-order valence-corrected chi connectivity index (χ4v) is 2.88. The van der Waals surface area contributed by atoms with Gasteiger partial charge >= 0.3 is 5.97 Å². The lowest BCUT2D eigenvalue weighted by atomic mass is 10.2. The average molecular weight is 320 g/mol. The number of aryl methyl sites for hydroxylation is 2. The molecule has 0 aliphatic heterocycles. The first kappa shape index (κ1) is 16.4. The number of nitrogens with one attached hydrogen (secondary N) is 1. The zero-order valence-electron chi connectivity index (χ0n) is 12.9. The molecule has 0 fully saturated rings. The van der Waals surface area contributed by atoms with Gasteiger partial charge in [-0.3, -0.25) is 4.79 Å². The molecule has 0 radical (unpaired) electrons. The quantitative estimate of drug-likeness (QED) is 0.857. The van der Waals surface area contributed by atoms with E-state index in [-0.39, 0.29) is 5.91 Å². The van der Waals surface area contributed by atoms with Crippen LogP contribution in [0.4, 0.5) is 0 Å². The fraction of sp³-hybridized carbons (Fsp3) is 0.375. The van der Waals surface area contributed by atoms with Gasteiger partial charge in [-0.05, 0) is 43.6 Å². The number of rotatable bonds is 6. The Hall–Kier alpha value is -1.95. The van der Waals surface area contributed by atoms with E-state index in [2.05, 4.69) is 5.32 Å². The summed E-state index contributed by atoms with van der Waals surface area (Å²) in [6.45, 7) is 2.00. The van der Waals surface area contributed by atoms with Gasteiger partial charge in [0.2, 0.25) is 0 Å². The Kier molecular flexibility index (Phi) is 5.13. The minimum Gasteiger partial charge on any atom is -0.480 e. The van der Waals surface area contributed by atoms with Gasteiger partial charge in [-0.2, -0.15) is 11.8 Å². The SMILES string of the molecule is CSCCC(NC(=O)c1cc2cc(C)ccc2n1C)C(=O)O. The Morgan fingerprint density at radius 1 is 1.36 bits per heavy atom. The number of carboxylic acids is 1. The number of aliphatic carboxylic acids is 1. The van der Waals surface area contributed by atoms with Crippen LogP contribution in [0.15, 0.2) is 24.3 Å². The molecule has 1 aromatic carbocycles. The lowest BCUT2D eigenvalue weighted by Gasteiger charge is -2.14. The van der Waals surface area contributed by atoms with E-state index in [1.54, 1.807) is 22.4 Å². The Bertz CT molecular complexity index is 709. The molecule has 1 aromatic heterocycles. The van der Waals surface area contributed by atoms with E-state index in [1.165, 1.54) is 0 Å². The van der Waals surface area contributed by atoms with Gasteiger partial charge in [-0.1, -0.05) is 11.6 Å². The summed E-state index contributed by atoms with van der Waals surface area (Å²) in [5.74, 6) is -0.673. The van der Waals surface area contributed by atoms with E-state index in [1.807, 2.05) is 38.4 Å². The second-order valence-corrected chi connectivity index (χ2v) is 6.28. The van der Waals surface area contributed by atoms with E-state index >= 15 is 0 Å². The Balaban J connectivity index is 2.25. The van der Waals surface area contributed by atoms with Crippen molar-refractivity contribution in [1.29, 1.82) is 0 Å². The molecule has 118 valence electrons. The number of thioether (sulfide) groups is 1. The topological polar surface area (TPSA) is 71.3 Å². The highest BCUT2D eigenvalue weighted by Gasteiger charge is 2.22. The molecular weight excluding hydrogens is 300 g/mol. The van der Waals surface area contributed by atoms with Crippen LogP contribution in [0.1, 0.15) is 22.5 Å². The average Bonchev–Trinajstić information content (AvgIpc) is 2.79. The van der Waals surface area contributed by atoms with Gasteiger partial charge in [0.05, 0.1) is 0 Å². The molecule has 2 rings (SSSR count). The molecule has 1 unspecified atom stereocenters. The highest BCUT2D eigenvalue weighted by atomic mass is 32.2. The second kappa shape index (κ2) is 6.87. The van der Waals surface area contributed by atoms with Crippen LogP contribution in [0.3, 0.4) is 0 Å². The van der Waals surface area contributed by atoms with Crippen molar-refractivity contribution in [2.75, 3.05) is 12.0 Å². The summed E-state index contributed by atoms with van der Waals surface area (Å²) in [6.07, 6.45) is 2.32. The molecule has 2 aromatic rings. The number of benzene rings is 1. The smallest absolute Gasteiger partial charge is 0.326 e. The van der Waals surface area contributed by atoms with Crippen molar-refractivity contribution in [2.24, 2.45) is 7.05 Å². The summed E-state index contributed by atoms with van der Waals surface area (Å²) in [7, 11) is 1.81. The van der Waals surface area contributed by atoms with Gasteiger partial charge < -0.3 is 15.0 Å². The number of carbonyl (C=O) groups is 2. The van der Waals surface area contributed by atoms with E-state index in [0.29, 0.717) is 17.9 Å². The summed E-state index contributed by atoms with van der Waals surface area (Å²) >= 11 is 1.56. The van der Waals surface area contributed by atoms with Crippen LogP contribution in [-0.4, -0.2) is 39.6 Å². The van der Waals surface area contributed by atoms with Gasteiger partial charge in [0, 0.05) is 18.0 Å². The monoisotopic (exact) mass is 320 g/mol. The molecular formula is C16H20N2O3S. The largest absolute Gasteiger partial charge is 0.480 e. The summed E-state index contributed by atoms with van der Waals surface area (Å²) < 4.78 is 1.79. The number of fused-ring (bicyclic) bond motifs is 1. The van der Waals surface area contributed by atoms with Crippen molar-refractivity contribution in [3.05, 3.63) is 35.5 Å². The first-order valence-corrected chi connectivity index (χ1v) is 8.42. The third kappa shape index (κ3) is 3.44.